The van der Waals surface area contributed by atoms with Crippen molar-refractivity contribution >= 4 is 0 Å². The van der Waals surface area contributed by atoms with Gasteiger partial charge in [0.1, 0.15) is 11.6 Å². The molecule has 3 nitrogen and oxygen atoms in total. The Morgan fingerprint density at radius 2 is 2.13 bits per heavy atom. The van der Waals surface area contributed by atoms with Crippen molar-refractivity contribution in [3.8, 4) is 5.69 Å². The van der Waals surface area contributed by atoms with Crippen LogP contribution in [0.3, 0.4) is 0 Å². The van der Waals surface area contributed by atoms with Crippen molar-refractivity contribution in [2.24, 2.45) is 0 Å². The van der Waals surface area contributed by atoms with Crippen molar-refractivity contribution in [1.82, 2.24) is 14.8 Å². The summed E-state index contributed by atoms with van der Waals surface area (Å²) in [7, 11) is 0. The second kappa shape index (κ2) is 3.05. The van der Waals surface area contributed by atoms with E-state index in [1.807, 2.05) is 25.1 Å². The Hall–Kier alpha value is -1.90. The summed E-state index contributed by atoms with van der Waals surface area (Å²) in [5.41, 5.74) is 2.21. The van der Waals surface area contributed by atoms with Crippen LogP contribution in [0.15, 0.2) is 30.3 Å². The van der Waals surface area contributed by atoms with Gasteiger partial charge in [0, 0.05) is 12.0 Å². The van der Waals surface area contributed by atoms with Crippen molar-refractivity contribution in [2.45, 2.75) is 13.3 Å². The molecule has 3 heteroatoms. The van der Waals surface area contributed by atoms with Gasteiger partial charge in [-0.3, -0.25) is 4.57 Å². The van der Waals surface area contributed by atoms with Gasteiger partial charge in [-0.15, -0.1) is 10.2 Å². The molecule has 0 fully saturated rings. The molecular weight excluding hydrogens is 186 g/mol. The molecule has 1 radical (unpaired) electrons. The second-order valence-corrected chi connectivity index (χ2v) is 3.57. The normalized spacial score (nSPS) is 13.1. The lowest BCUT2D eigenvalue weighted by Crippen LogP contribution is -2.02. The van der Waals surface area contributed by atoms with Crippen LogP contribution in [0.5, 0.6) is 0 Å². The van der Waals surface area contributed by atoms with Crippen LogP contribution in [0.25, 0.3) is 5.69 Å². The predicted molar refractivity (Wildman–Crippen MR) is 56.7 cm³/mol. The maximum atomic E-state index is 4.16. The van der Waals surface area contributed by atoms with E-state index in [0.29, 0.717) is 0 Å². The van der Waals surface area contributed by atoms with Gasteiger partial charge in [-0.05, 0) is 19.1 Å². The molecule has 1 aliphatic rings. The number of fused-ring (bicyclic) bond motifs is 3. The largest absolute Gasteiger partial charge is 0.282 e. The number of nitrogens with zero attached hydrogens (tertiary/aromatic N) is 3. The first kappa shape index (κ1) is 8.41. The maximum absolute atomic E-state index is 4.16. The summed E-state index contributed by atoms with van der Waals surface area (Å²) in [5.74, 6) is 1.90. The summed E-state index contributed by atoms with van der Waals surface area (Å²) in [5, 5.41) is 8.26. The van der Waals surface area contributed by atoms with Crippen molar-refractivity contribution < 1.29 is 0 Å². The van der Waals surface area contributed by atoms with Crippen LogP contribution in [0.4, 0.5) is 0 Å². The first-order chi connectivity index (χ1) is 7.36. The predicted octanol–water partition coefficient (Wildman–Crippen LogP) is 1.84. The quantitative estimate of drug-likeness (QED) is 0.643. The minimum absolute atomic E-state index is 0.787. The molecule has 2 heterocycles. The third kappa shape index (κ3) is 1.20. The molecule has 0 aliphatic carbocycles. The molecule has 0 saturated carbocycles. The number of para-hydroxylation sites is 1. The monoisotopic (exact) mass is 196 g/mol. The Bertz CT molecular complexity index is 538. The zero-order valence-electron chi connectivity index (χ0n) is 8.44. The summed E-state index contributed by atoms with van der Waals surface area (Å²) < 4.78 is 2.09. The van der Waals surface area contributed by atoms with E-state index in [0.717, 1.165) is 29.3 Å². The molecule has 0 unspecified atom stereocenters. The Morgan fingerprint density at radius 1 is 1.27 bits per heavy atom. The highest BCUT2D eigenvalue weighted by atomic mass is 15.3. The number of hydrogen-bond acceptors (Lipinski definition) is 2. The average Bonchev–Trinajstić information content (AvgIpc) is 2.52. The van der Waals surface area contributed by atoms with Gasteiger partial charge in [-0.1, -0.05) is 24.3 Å². The number of rotatable bonds is 0. The lowest BCUT2D eigenvalue weighted by Gasteiger charge is -2.08. The highest BCUT2D eigenvalue weighted by Crippen LogP contribution is 2.21. The van der Waals surface area contributed by atoms with Gasteiger partial charge in [0.05, 0.1) is 5.69 Å². The molecule has 0 bridgehead atoms. The van der Waals surface area contributed by atoms with Crippen LogP contribution >= 0.6 is 0 Å². The first-order valence-corrected chi connectivity index (χ1v) is 4.95. The van der Waals surface area contributed by atoms with Crippen LogP contribution in [0, 0.1) is 13.0 Å². The molecule has 0 N–H and O–H groups in total. The maximum Gasteiger partial charge on any atom is 0.141 e. The van der Waals surface area contributed by atoms with Crippen molar-refractivity contribution in [1.29, 1.82) is 0 Å². The van der Waals surface area contributed by atoms with Gasteiger partial charge < -0.3 is 0 Å². The van der Waals surface area contributed by atoms with Gasteiger partial charge in [0.2, 0.25) is 0 Å². The fourth-order valence-electron chi connectivity index (χ4n) is 1.89. The minimum Gasteiger partial charge on any atom is -0.282 e. The molecular formula is C12H10N3. The standard InChI is InChI=1S/C12H10N3/c1-9-13-14-12-8-4-6-10-5-2-3-7-11(10)15(9)12/h2-5,7H,8H2,1H3. The Labute approximate surface area is 88.1 Å². The number of allylic oxidation sites excluding steroid dienone is 1. The van der Waals surface area contributed by atoms with Crippen LogP contribution in [-0.2, 0) is 6.42 Å². The van der Waals surface area contributed by atoms with E-state index in [9.17, 15) is 0 Å². The van der Waals surface area contributed by atoms with Crippen molar-refractivity contribution in [3.05, 3.63) is 53.6 Å². The molecule has 3 rings (SSSR count). The minimum atomic E-state index is 0.787. The van der Waals surface area contributed by atoms with Gasteiger partial charge in [-0.25, -0.2) is 0 Å². The molecule has 0 spiro atoms. The number of benzene rings is 1. The molecule has 0 amide bonds. The molecule has 0 saturated heterocycles. The second-order valence-electron chi connectivity index (χ2n) is 3.57. The van der Waals surface area contributed by atoms with E-state index in [2.05, 4.69) is 33.0 Å². The van der Waals surface area contributed by atoms with E-state index in [1.165, 1.54) is 0 Å². The average molecular weight is 196 g/mol. The zero-order valence-corrected chi connectivity index (χ0v) is 8.44. The van der Waals surface area contributed by atoms with E-state index >= 15 is 0 Å². The van der Waals surface area contributed by atoms with E-state index < -0.39 is 0 Å². The number of aryl methyl sites for hydroxylation is 1. The molecule has 1 aliphatic heterocycles. The highest BCUT2D eigenvalue weighted by Gasteiger charge is 2.14. The van der Waals surface area contributed by atoms with E-state index in [1.54, 1.807) is 0 Å². The molecule has 1 aromatic carbocycles. The molecule has 73 valence electrons. The van der Waals surface area contributed by atoms with Crippen LogP contribution < -0.4 is 0 Å². The van der Waals surface area contributed by atoms with E-state index in [-0.39, 0.29) is 0 Å². The summed E-state index contributed by atoms with van der Waals surface area (Å²) in [6.07, 6.45) is 6.06. The SMILES string of the molecule is Cc1nnc2n1-c1ccccc1[C]=CC2. The van der Waals surface area contributed by atoms with Crippen LogP contribution in [-0.4, -0.2) is 14.8 Å². The fourth-order valence-corrected chi connectivity index (χ4v) is 1.89. The molecule has 15 heavy (non-hydrogen) atoms. The lowest BCUT2D eigenvalue weighted by atomic mass is 10.1. The lowest BCUT2D eigenvalue weighted by molar-refractivity contribution is 0.909. The first-order valence-electron chi connectivity index (χ1n) is 4.95. The van der Waals surface area contributed by atoms with Gasteiger partial charge in [0.15, 0.2) is 0 Å². The van der Waals surface area contributed by atoms with Crippen LogP contribution in [0.1, 0.15) is 17.2 Å². The van der Waals surface area contributed by atoms with Crippen LogP contribution in [0.2, 0.25) is 0 Å². The molecule has 2 aromatic rings. The third-order valence-electron chi connectivity index (χ3n) is 2.58. The third-order valence-corrected chi connectivity index (χ3v) is 2.58. The van der Waals surface area contributed by atoms with Gasteiger partial charge in [0.25, 0.3) is 0 Å². The van der Waals surface area contributed by atoms with Crippen molar-refractivity contribution in [3.63, 3.8) is 0 Å². The fraction of sp³-hybridized carbons (Fsp3) is 0.167. The zero-order chi connectivity index (χ0) is 10.3. The number of hydrogen-bond donors (Lipinski definition) is 0. The van der Waals surface area contributed by atoms with Gasteiger partial charge >= 0.3 is 0 Å². The summed E-state index contributed by atoms with van der Waals surface area (Å²) >= 11 is 0. The highest BCUT2D eigenvalue weighted by molar-refractivity contribution is 5.47. The summed E-state index contributed by atoms with van der Waals surface area (Å²) in [4.78, 5) is 0. The molecule has 0 atom stereocenters. The summed E-state index contributed by atoms with van der Waals surface area (Å²) in [6, 6.07) is 8.17. The summed E-state index contributed by atoms with van der Waals surface area (Å²) in [6.45, 7) is 1.97. The Morgan fingerprint density at radius 3 is 3.07 bits per heavy atom. The number of aromatic nitrogens is 3. The van der Waals surface area contributed by atoms with Gasteiger partial charge in [-0.2, -0.15) is 0 Å². The van der Waals surface area contributed by atoms with Crippen molar-refractivity contribution in [2.75, 3.05) is 0 Å². The molecule has 1 aromatic heterocycles. The Balaban J connectivity index is 2.36. The van der Waals surface area contributed by atoms with E-state index in [4.69, 9.17) is 0 Å². The smallest absolute Gasteiger partial charge is 0.141 e. The topological polar surface area (TPSA) is 30.7 Å². The Kier molecular flexibility index (Phi) is 1.71.